The zero-order valence-corrected chi connectivity index (χ0v) is 19.5. The van der Waals surface area contributed by atoms with Crippen LogP contribution in [-0.2, 0) is 13.0 Å². The second-order valence-electron chi connectivity index (χ2n) is 9.07. The van der Waals surface area contributed by atoms with E-state index in [0.717, 1.165) is 30.3 Å². The van der Waals surface area contributed by atoms with Gasteiger partial charge in [0.25, 0.3) is 0 Å². The lowest BCUT2D eigenvalue weighted by molar-refractivity contribution is 0.212. The van der Waals surface area contributed by atoms with E-state index in [4.69, 9.17) is 0 Å². The normalized spacial score (nSPS) is 15.0. The fourth-order valence-electron chi connectivity index (χ4n) is 4.63. The maximum Gasteiger partial charge on any atom is 0.128 e. The van der Waals surface area contributed by atoms with E-state index in [2.05, 4.69) is 64.9 Å². The number of benzene rings is 2. The van der Waals surface area contributed by atoms with Crippen molar-refractivity contribution in [2.45, 2.75) is 46.1 Å². The summed E-state index contributed by atoms with van der Waals surface area (Å²) in [4.78, 5) is 2.44. The number of piperidine rings is 1. The number of fused-ring (bicyclic) bond motifs is 1. The zero-order valence-electron chi connectivity index (χ0n) is 19.5. The van der Waals surface area contributed by atoms with Gasteiger partial charge in [0.1, 0.15) is 5.82 Å². The number of hydrogen-bond donors (Lipinski definition) is 1. The minimum atomic E-state index is -0.194. The highest BCUT2D eigenvalue weighted by Crippen LogP contribution is 2.25. The average Bonchev–Trinajstić information content (AvgIpc) is 3.15. The van der Waals surface area contributed by atoms with E-state index in [0.29, 0.717) is 12.1 Å². The predicted octanol–water partition coefficient (Wildman–Crippen LogP) is 5.85. The van der Waals surface area contributed by atoms with Crippen LogP contribution in [0.5, 0.6) is 0 Å². The number of aryl methyl sites for hydroxylation is 3. The molecule has 0 amide bonds. The first kappa shape index (κ1) is 22.4. The summed E-state index contributed by atoms with van der Waals surface area (Å²) < 4.78 is 16.0. The summed E-state index contributed by atoms with van der Waals surface area (Å²) in [6.07, 6.45) is 5.09. The third-order valence-corrected chi connectivity index (χ3v) is 6.73. The zero-order chi connectivity index (χ0) is 22.5. The Kier molecular flexibility index (Phi) is 7.17. The molecule has 0 spiro atoms. The van der Waals surface area contributed by atoms with Gasteiger partial charge in [-0.25, -0.2) is 4.39 Å². The van der Waals surface area contributed by atoms with Gasteiger partial charge in [0, 0.05) is 23.1 Å². The Hall–Kier alpha value is -2.77. The third kappa shape index (κ3) is 5.34. The van der Waals surface area contributed by atoms with Gasteiger partial charge in [-0.1, -0.05) is 18.1 Å². The molecule has 1 fully saturated rings. The maximum absolute atomic E-state index is 13.7. The van der Waals surface area contributed by atoms with Crippen LogP contribution in [0.4, 0.5) is 10.1 Å². The van der Waals surface area contributed by atoms with Crippen molar-refractivity contribution in [3.8, 4) is 11.8 Å². The van der Waals surface area contributed by atoms with E-state index in [1.165, 1.54) is 54.9 Å². The van der Waals surface area contributed by atoms with Gasteiger partial charge in [0.15, 0.2) is 0 Å². The molecule has 1 aliphatic heterocycles. The highest BCUT2D eigenvalue weighted by atomic mass is 19.1. The molecule has 2 aromatic carbocycles. The Bertz CT molecular complexity index is 1130. The quantitative estimate of drug-likeness (QED) is 0.494. The summed E-state index contributed by atoms with van der Waals surface area (Å²) in [7, 11) is 2.22. The summed E-state index contributed by atoms with van der Waals surface area (Å²) >= 11 is 0. The fraction of sp³-hybridized carbons (Fsp3) is 0.429. The molecule has 1 aromatic heterocycles. The smallest absolute Gasteiger partial charge is 0.128 e. The second kappa shape index (κ2) is 10.2. The molecule has 1 saturated heterocycles. The minimum Gasteiger partial charge on any atom is -0.374 e. The second-order valence-corrected chi connectivity index (χ2v) is 9.07. The van der Waals surface area contributed by atoms with Crippen molar-refractivity contribution in [1.82, 2.24) is 9.47 Å². The molecule has 2 heterocycles. The minimum absolute atomic E-state index is 0.194. The largest absolute Gasteiger partial charge is 0.374 e. The average molecular weight is 432 g/mol. The molecule has 0 radical (unpaired) electrons. The standard InChI is InChI=1S/C28H34FN3/c1-4-32-26(6-5-15-30-25-11-7-21(2)27(29)20-25)19-24-18-23(10-12-28(24)32)9-8-22-13-16-31(3)17-14-22/h7,10-12,18-20,22,30H,4,8-9,13-17H2,1-3H3. The van der Waals surface area contributed by atoms with E-state index < -0.39 is 0 Å². The highest BCUT2D eigenvalue weighted by Gasteiger charge is 2.16. The first-order valence-electron chi connectivity index (χ1n) is 11.8. The molecule has 1 aliphatic rings. The SMILES string of the molecule is CCn1c(C#CCNc2ccc(C)c(F)c2)cc2cc(CCC3CCN(C)CC3)ccc21. The van der Waals surface area contributed by atoms with Gasteiger partial charge in [0.05, 0.1) is 12.2 Å². The molecule has 32 heavy (non-hydrogen) atoms. The van der Waals surface area contributed by atoms with E-state index in [1.807, 2.05) is 6.07 Å². The number of likely N-dealkylation sites (tertiary alicyclic amines) is 1. The number of anilines is 1. The van der Waals surface area contributed by atoms with Crippen molar-refractivity contribution in [1.29, 1.82) is 0 Å². The first-order valence-corrected chi connectivity index (χ1v) is 11.8. The molecule has 0 unspecified atom stereocenters. The topological polar surface area (TPSA) is 20.2 Å². The Labute approximate surface area is 191 Å². The number of nitrogens with zero attached hydrogens (tertiary/aromatic N) is 2. The lowest BCUT2D eigenvalue weighted by atomic mass is 9.90. The first-order chi connectivity index (χ1) is 15.5. The van der Waals surface area contributed by atoms with Gasteiger partial charge in [-0.3, -0.25) is 0 Å². The van der Waals surface area contributed by atoms with E-state index >= 15 is 0 Å². The van der Waals surface area contributed by atoms with Crippen LogP contribution in [0.3, 0.4) is 0 Å². The van der Waals surface area contributed by atoms with Crippen LogP contribution in [0.15, 0.2) is 42.5 Å². The van der Waals surface area contributed by atoms with Crippen molar-refractivity contribution in [2.75, 3.05) is 32.0 Å². The molecule has 168 valence electrons. The van der Waals surface area contributed by atoms with Gasteiger partial charge in [-0.2, -0.15) is 0 Å². The summed E-state index contributed by atoms with van der Waals surface area (Å²) in [6, 6.07) is 14.3. The van der Waals surface area contributed by atoms with Crippen molar-refractivity contribution in [2.24, 2.45) is 5.92 Å². The predicted molar refractivity (Wildman–Crippen MR) is 133 cm³/mol. The van der Waals surface area contributed by atoms with E-state index in [1.54, 1.807) is 13.0 Å². The lowest BCUT2D eigenvalue weighted by Crippen LogP contribution is -2.30. The number of rotatable bonds is 6. The van der Waals surface area contributed by atoms with Crippen LogP contribution in [0.25, 0.3) is 10.9 Å². The summed E-state index contributed by atoms with van der Waals surface area (Å²) in [5.41, 5.74) is 5.11. The summed E-state index contributed by atoms with van der Waals surface area (Å²) in [5, 5.41) is 4.46. The van der Waals surface area contributed by atoms with Gasteiger partial charge in [-0.05, 0) is 113 Å². The van der Waals surface area contributed by atoms with Crippen LogP contribution in [0, 0.1) is 30.5 Å². The molecule has 0 saturated carbocycles. The molecule has 3 aromatic rings. The van der Waals surface area contributed by atoms with E-state index in [-0.39, 0.29) is 5.82 Å². The van der Waals surface area contributed by atoms with Gasteiger partial charge in [0.2, 0.25) is 0 Å². The van der Waals surface area contributed by atoms with Crippen molar-refractivity contribution in [3.05, 3.63) is 65.1 Å². The molecule has 0 aliphatic carbocycles. The molecular weight excluding hydrogens is 397 g/mol. The molecular formula is C28H34FN3. The Morgan fingerprint density at radius 1 is 1.09 bits per heavy atom. The number of hydrogen-bond acceptors (Lipinski definition) is 2. The van der Waals surface area contributed by atoms with Crippen LogP contribution >= 0.6 is 0 Å². The molecule has 1 N–H and O–H groups in total. The summed E-state index contributed by atoms with van der Waals surface area (Å²) in [5.74, 6) is 7.17. The third-order valence-electron chi connectivity index (χ3n) is 6.73. The highest BCUT2D eigenvalue weighted by molar-refractivity contribution is 5.83. The van der Waals surface area contributed by atoms with Crippen LogP contribution in [0.1, 0.15) is 43.0 Å². The van der Waals surface area contributed by atoms with Crippen LogP contribution in [-0.4, -0.2) is 36.1 Å². The Morgan fingerprint density at radius 3 is 2.66 bits per heavy atom. The molecule has 4 heteroatoms. The van der Waals surface area contributed by atoms with Crippen molar-refractivity contribution in [3.63, 3.8) is 0 Å². The number of halogens is 1. The molecule has 3 nitrogen and oxygen atoms in total. The van der Waals surface area contributed by atoms with E-state index in [9.17, 15) is 4.39 Å². The van der Waals surface area contributed by atoms with Crippen LogP contribution in [0.2, 0.25) is 0 Å². The van der Waals surface area contributed by atoms with Crippen LogP contribution < -0.4 is 5.32 Å². The Balaban J connectivity index is 1.42. The maximum atomic E-state index is 13.7. The van der Waals surface area contributed by atoms with Gasteiger partial charge in [-0.15, -0.1) is 0 Å². The van der Waals surface area contributed by atoms with Gasteiger partial charge >= 0.3 is 0 Å². The fourth-order valence-corrected chi connectivity index (χ4v) is 4.63. The Morgan fingerprint density at radius 2 is 1.91 bits per heavy atom. The lowest BCUT2D eigenvalue weighted by Gasteiger charge is -2.28. The molecule has 4 rings (SSSR count). The van der Waals surface area contributed by atoms with Gasteiger partial charge < -0.3 is 14.8 Å². The number of nitrogens with one attached hydrogen (secondary N) is 1. The van der Waals surface area contributed by atoms with Crippen molar-refractivity contribution >= 4 is 16.6 Å². The monoisotopic (exact) mass is 431 g/mol. The molecule has 0 atom stereocenters. The number of aromatic nitrogens is 1. The van der Waals surface area contributed by atoms with Crippen molar-refractivity contribution < 1.29 is 4.39 Å². The summed E-state index contributed by atoms with van der Waals surface area (Å²) in [6.45, 7) is 7.76. The molecule has 0 bridgehead atoms.